The van der Waals surface area contributed by atoms with Gasteiger partial charge in [-0.3, -0.25) is 9.55 Å². The summed E-state index contributed by atoms with van der Waals surface area (Å²) < 4.78 is 2.15. The van der Waals surface area contributed by atoms with E-state index in [2.05, 4.69) is 37.9 Å². The molecule has 0 spiro atoms. The highest BCUT2D eigenvalue weighted by Crippen LogP contribution is 2.27. The number of halogens is 1. The highest BCUT2D eigenvalue weighted by molar-refractivity contribution is 7.98. The summed E-state index contributed by atoms with van der Waals surface area (Å²) in [6.45, 7) is 0.712. The van der Waals surface area contributed by atoms with E-state index in [-0.39, 0.29) is 0 Å². The van der Waals surface area contributed by atoms with Crippen molar-refractivity contribution in [1.82, 2.24) is 19.7 Å². The Morgan fingerprint density at radius 2 is 1.63 bits per heavy atom. The van der Waals surface area contributed by atoms with Crippen molar-refractivity contribution < 1.29 is 0 Å². The monoisotopic (exact) mass is 392 g/mol. The van der Waals surface area contributed by atoms with Crippen molar-refractivity contribution in [1.29, 1.82) is 0 Å². The number of aromatic nitrogens is 4. The lowest BCUT2D eigenvalue weighted by molar-refractivity contribution is 0.714. The molecule has 0 amide bonds. The Balaban J connectivity index is 1.65. The van der Waals surface area contributed by atoms with Crippen molar-refractivity contribution in [3.05, 3.63) is 95.3 Å². The van der Waals surface area contributed by atoms with Crippen LogP contribution in [0, 0.1) is 0 Å². The van der Waals surface area contributed by atoms with E-state index in [1.54, 1.807) is 24.2 Å². The van der Waals surface area contributed by atoms with Crippen molar-refractivity contribution >= 4 is 23.4 Å². The molecule has 0 atom stereocenters. The van der Waals surface area contributed by atoms with Crippen LogP contribution >= 0.6 is 23.4 Å². The van der Waals surface area contributed by atoms with Gasteiger partial charge < -0.3 is 0 Å². The molecule has 0 unspecified atom stereocenters. The molecule has 134 valence electrons. The predicted octanol–water partition coefficient (Wildman–Crippen LogP) is 5.33. The van der Waals surface area contributed by atoms with Crippen LogP contribution in [0.3, 0.4) is 0 Å². The first kappa shape index (κ1) is 17.8. The summed E-state index contributed by atoms with van der Waals surface area (Å²) in [5, 5.41) is 10.5. The van der Waals surface area contributed by atoms with Gasteiger partial charge in [0.2, 0.25) is 0 Å². The van der Waals surface area contributed by atoms with Gasteiger partial charge in [-0.05, 0) is 35.4 Å². The maximum absolute atomic E-state index is 6.10. The summed E-state index contributed by atoms with van der Waals surface area (Å²) in [7, 11) is 0. The molecule has 2 aromatic heterocycles. The zero-order valence-corrected chi connectivity index (χ0v) is 16.1. The van der Waals surface area contributed by atoms with E-state index in [1.165, 1.54) is 5.56 Å². The van der Waals surface area contributed by atoms with Crippen molar-refractivity contribution in [3.8, 4) is 11.4 Å². The van der Waals surface area contributed by atoms with Crippen LogP contribution in [0.4, 0.5) is 0 Å². The van der Waals surface area contributed by atoms with E-state index >= 15 is 0 Å². The molecule has 0 saturated heterocycles. The van der Waals surface area contributed by atoms with Crippen molar-refractivity contribution in [2.45, 2.75) is 17.5 Å². The molecule has 0 saturated carbocycles. The Hall–Kier alpha value is -2.63. The molecular formula is C21H17ClN4S. The molecule has 27 heavy (non-hydrogen) atoms. The highest BCUT2D eigenvalue weighted by atomic mass is 35.5. The molecule has 0 aliphatic rings. The number of pyridine rings is 1. The third-order valence-corrected chi connectivity index (χ3v) is 5.37. The van der Waals surface area contributed by atoms with Gasteiger partial charge in [-0.25, -0.2) is 0 Å². The van der Waals surface area contributed by atoms with E-state index in [0.29, 0.717) is 6.54 Å². The molecule has 0 bridgehead atoms. The minimum Gasteiger partial charge on any atom is -0.298 e. The smallest absolute Gasteiger partial charge is 0.192 e. The minimum atomic E-state index is 0.712. The molecule has 6 heteroatoms. The maximum Gasteiger partial charge on any atom is 0.192 e. The van der Waals surface area contributed by atoms with Gasteiger partial charge in [0.05, 0.1) is 6.54 Å². The average Bonchev–Trinajstić information content (AvgIpc) is 3.10. The Morgan fingerprint density at radius 3 is 2.41 bits per heavy atom. The van der Waals surface area contributed by atoms with Crippen LogP contribution in [-0.4, -0.2) is 19.7 Å². The van der Waals surface area contributed by atoms with E-state index < -0.39 is 0 Å². The average molecular weight is 393 g/mol. The lowest BCUT2D eigenvalue weighted by Gasteiger charge is -2.10. The second kappa shape index (κ2) is 8.37. The van der Waals surface area contributed by atoms with Gasteiger partial charge in [0.25, 0.3) is 0 Å². The fourth-order valence-corrected chi connectivity index (χ4v) is 3.89. The first-order chi connectivity index (χ1) is 13.3. The molecule has 0 N–H and O–H groups in total. The van der Waals surface area contributed by atoms with Gasteiger partial charge in [0.15, 0.2) is 11.0 Å². The maximum atomic E-state index is 6.10. The zero-order valence-electron chi connectivity index (χ0n) is 14.5. The van der Waals surface area contributed by atoms with Crippen molar-refractivity contribution in [2.75, 3.05) is 0 Å². The van der Waals surface area contributed by atoms with Gasteiger partial charge >= 0.3 is 0 Å². The zero-order chi connectivity index (χ0) is 18.5. The van der Waals surface area contributed by atoms with Crippen LogP contribution in [-0.2, 0) is 12.3 Å². The molecule has 0 fully saturated rings. The van der Waals surface area contributed by atoms with E-state index in [1.807, 2.05) is 48.5 Å². The molecule has 0 aliphatic heterocycles. The standard InChI is InChI=1S/C21H17ClN4S/c22-19-8-4-7-17(13-19)15-27-21-25-24-20(18-9-11-23-12-10-18)26(21)14-16-5-2-1-3-6-16/h1-13H,14-15H2. The van der Waals surface area contributed by atoms with Crippen LogP contribution in [0.5, 0.6) is 0 Å². The number of rotatable bonds is 6. The SMILES string of the molecule is Clc1cccc(CSc2nnc(-c3ccncc3)n2Cc2ccccc2)c1. The fraction of sp³-hybridized carbons (Fsp3) is 0.0952. The second-order valence-electron chi connectivity index (χ2n) is 6.03. The van der Waals surface area contributed by atoms with Gasteiger partial charge in [0, 0.05) is 28.7 Å². The van der Waals surface area contributed by atoms with Crippen LogP contribution in [0.15, 0.2) is 84.3 Å². The summed E-state index contributed by atoms with van der Waals surface area (Å²) in [6, 6.07) is 22.2. The lowest BCUT2D eigenvalue weighted by atomic mass is 10.2. The summed E-state index contributed by atoms with van der Waals surface area (Å²) >= 11 is 7.76. The van der Waals surface area contributed by atoms with Gasteiger partial charge in [-0.1, -0.05) is 65.8 Å². The summed E-state index contributed by atoms with van der Waals surface area (Å²) in [4.78, 5) is 4.10. The molecule has 2 heterocycles. The second-order valence-corrected chi connectivity index (χ2v) is 7.41. The van der Waals surface area contributed by atoms with Crippen LogP contribution in [0.2, 0.25) is 5.02 Å². The quantitative estimate of drug-likeness (QED) is 0.416. The van der Waals surface area contributed by atoms with Crippen molar-refractivity contribution in [3.63, 3.8) is 0 Å². The highest BCUT2D eigenvalue weighted by Gasteiger charge is 2.15. The number of hydrogen-bond acceptors (Lipinski definition) is 4. The largest absolute Gasteiger partial charge is 0.298 e. The number of hydrogen-bond donors (Lipinski definition) is 0. The molecular weight excluding hydrogens is 376 g/mol. The van der Waals surface area contributed by atoms with E-state index in [4.69, 9.17) is 11.6 Å². The normalized spacial score (nSPS) is 10.9. The number of thioether (sulfide) groups is 1. The minimum absolute atomic E-state index is 0.712. The van der Waals surface area contributed by atoms with Crippen LogP contribution < -0.4 is 0 Å². The van der Waals surface area contributed by atoms with Gasteiger partial charge in [0.1, 0.15) is 0 Å². The molecule has 2 aromatic carbocycles. The van der Waals surface area contributed by atoms with Crippen molar-refractivity contribution in [2.24, 2.45) is 0 Å². The van der Waals surface area contributed by atoms with E-state index in [9.17, 15) is 0 Å². The number of benzene rings is 2. The first-order valence-corrected chi connectivity index (χ1v) is 9.91. The third kappa shape index (κ3) is 4.38. The topological polar surface area (TPSA) is 43.6 Å². The van der Waals surface area contributed by atoms with Gasteiger partial charge in [-0.2, -0.15) is 0 Å². The van der Waals surface area contributed by atoms with Crippen LogP contribution in [0.1, 0.15) is 11.1 Å². The molecule has 4 rings (SSSR count). The van der Waals surface area contributed by atoms with Crippen LogP contribution in [0.25, 0.3) is 11.4 Å². The molecule has 0 radical (unpaired) electrons. The summed E-state index contributed by atoms with van der Waals surface area (Å²) in [5.41, 5.74) is 3.37. The Bertz CT molecular complexity index is 1020. The van der Waals surface area contributed by atoms with E-state index in [0.717, 1.165) is 32.9 Å². The first-order valence-electron chi connectivity index (χ1n) is 8.54. The molecule has 4 nitrogen and oxygen atoms in total. The Labute approximate surface area is 167 Å². The summed E-state index contributed by atoms with van der Waals surface area (Å²) in [5.74, 6) is 1.62. The van der Waals surface area contributed by atoms with Gasteiger partial charge in [-0.15, -0.1) is 10.2 Å². The molecule has 4 aromatic rings. The third-order valence-electron chi connectivity index (χ3n) is 4.10. The Kier molecular flexibility index (Phi) is 5.51. The Morgan fingerprint density at radius 1 is 0.852 bits per heavy atom. The molecule has 0 aliphatic carbocycles. The number of nitrogens with zero attached hydrogens (tertiary/aromatic N) is 4. The lowest BCUT2D eigenvalue weighted by Crippen LogP contribution is -2.04. The predicted molar refractivity (Wildman–Crippen MR) is 110 cm³/mol. The fourth-order valence-electron chi connectivity index (χ4n) is 2.79. The summed E-state index contributed by atoms with van der Waals surface area (Å²) in [6.07, 6.45) is 3.55.